The molecule has 6 nitrogen and oxygen atoms in total. The van der Waals surface area contributed by atoms with Crippen molar-refractivity contribution in [1.82, 2.24) is 5.32 Å². The number of thiophene rings is 1. The van der Waals surface area contributed by atoms with Crippen LogP contribution in [0.1, 0.15) is 19.4 Å². The van der Waals surface area contributed by atoms with E-state index in [9.17, 15) is 16.8 Å². The van der Waals surface area contributed by atoms with E-state index in [4.69, 9.17) is 5.14 Å². The first-order chi connectivity index (χ1) is 11.1. The van der Waals surface area contributed by atoms with E-state index in [2.05, 4.69) is 19.2 Å². The number of nitrogens with one attached hydrogen (secondary N) is 1. The first kappa shape index (κ1) is 19.1. The van der Waals surface area contributed by atoms with Crippen LogP contribution < -0.4 is 10.5 Å². The molecule has 2 aromatic rings. The number of nitrogens with two attached hydrogens (primary N) is 1. The zero-order chi connectivity index (χ0) is 18.0. The maximum Gasteiger partial charge on any atom is 0.247 e. The second kappa shape index (κ2) is 7.32. The van der Waals surface area contributed by atoms with Crippen molar-refractivity contribution in [2.45, 2.75) is 33.7 Å². The lowest BCUT2D eigenvalue weighted by Gasteiger charge is -2.08. The molecule has 0 saturated heterocycles. The van der Waals surface area contributed by atoms with Gasteiger partial charge < -0.3 is 5.32 Å². The second-order valence-corrected chi connectivity index (χ2v) is 10.8. The molecule has 132 valence electrons. The Labute approximate surface area is 146 Å². The lowest BCUT2D eigenvalue weighted by atomic mass is 10.2. The Kier molecular flexibility index (Phi) is 5.82. The highest BCUT2D eigenvalue weighted by molar-refractivity contribution is 7.95. The lowest BCUT2D eigenvalue weighted by Crippen LogP contribution is -2.18. The minimum atomic E-state index is -3.90. The van der Waals surface area contributed by atoms with Crippen molar-refractivity contribution in [2.75, 3.05) is 6.54 Å². The third kappa shape index (κ3) is 4.64. The summed E-state index contributed by atoms with van der Waals surface area (Å²) in [7, 11) is -7.65. The van der Waals surface area contributed by atoms with Gasteiger partial charge in [0.25, 0.3) is 0 Å². The summed E-state index contributed by atoms with van der Waals surface area (Å²) in [5, 5.41) is 8.30. The van der Waals surface area contributed by atoms with Crippen molar-refractivity contribution in [3.05, 3.63) is 42.0 Å². The Balaban J connectivity index is 2.19. The molecule has 0 aliphatic heterocycles. The van der Waals surface area contributed by atoms with E-state index < -0.39 is 19.9 Å². The lowest BCUT2D eigenvalue weighted by molar-refractivity contribution is 0.552. The van der Waals surface area contributed by atoms with Crippen LogP contribution in [-0.2, 0) is 26.4 Å². The SMILES string of the molecule is CC(C)CNCc1ccc(S(=O)(=O)c2ccc(S(N)(=O)=O)s2)cc1. The monoisotopic (exact) mass is 388 g/mol. The van der Waals surface area contributed by atoms with Crippen molar-refractivity contribution in [3.63, 3.8) is 0 Å². The average molecular weight is 389 g/mol. The van der Waals surface area contributed by atoms with E-state index >= 15 is 0 Å². The van der Waals surface area contributed by atoms with Gasteiger partial charge in [0.1, 0.15) is 8.42 Å². The summed E-state index contributed by atoms with van der Waals surface area (Å²) in [6, 6.07) is 9.01. The summed E-state index contributed by atoms with van der Waals surface area (Å²) < 4.78 is 47.5. The third-order valence-corrected chi connectivity index (χ3v) is 8.00. The second-order valence-electron chi connectivity index (χ2n) is 5.79. The van der Waals surface area contributed by atoms with Crippen LogP contribution in [0.4, 0.5) is 0 Å². The standard InChI is InChI=1S/C15H20N2O4S3/c1-11(2)9-17-10-12-3-5-13(6-4-12)23(18,19)14-7-8-15(22-14)24(16,20)21/h3-8,11,17H,9-10H2,1-2H3,(H2,16,20,21). The van der Waals surface area contributed by atoms with Crippen LogP contribution >= 0.6 is 11.3 Å². The van der Waals surface area contributed by atoms with Gasteiger partial charge in [0.05, 0.1) is 4.90 Å². The Morgan fingerprint density at radius 2 is 1.58 bits per heavy atom. The molecular weight excluding hydrogens is 368 g/mol. The number of rotatable bonds is 7. The highest BCUT2D eigenvalue weighted by Gasteiger charge is 2.22. The summed E-state index contributed by atoms with van der Waals surface area (Å²) in [5.41, 5.74) is 0.978. The Morgan fingerprint density at radius 3 is 2.08 bits per heavy atom. The van der Waals surface area contributed by atoms with Gasteiger partial charge in [0.2, 0.25) is 19.9 Å². The minimum Gasteiger partial charge on any atom is -0.312 e. The minimum absolute atomic E-state index is 0.0443. The molecule has 0 bridgehead atoms. The van der Waals surface area contributed by atoms with Gasteiger partial charge in [-0.3, -0.25) is 0 Å². The molecule has 0 saturated carbocycles. The molecule has 0 spiro atoms. The smallest absolute Gasteiger partial charge is 0.247 e. The molecule has 0 amide bonds. The van der Waals surface area contributed by atoms with Crippen LogP contribution in [0.3, 0.4) is 0 Å². The topological polar surface area (TPSA) is 106 Å². The van der Waals surface area contributed by atoms with E-state index in [-0.39, 0.29) is 13.3 Å². The van der Waals surface area contributed by atoms with Crippen molar-refractivity contribution < 1.29 is 16.8 Å². The summed E-state index contributed by atoms with van der Waals surface area (Å²) in [6.45, 7) is 5.76. The van der Waals surface area contributed by atoms with Crippen LogP contribution in [0.15, 0.2) is 49.7 Å². The Hall–Kier alpha value is -1.26. The van der Waals surface area contributed by atoms with Gasteiger partial charge in [-0.2, -0.15) is 0 Å². The van der Waals surface area contributed by atoms with Crippen molar-refractivity contribution in [3.8, 4) is 0 Å². The molecule has 0 fully saturated rings. The molecular formula is C15H20N2O4S3. The normalized spacial score (nSPS) is 12.7. The van der Waals surface area contributed by atoms with Crippen LogP contribution in [0.5, 0.6) is 0 Å². The van der Waals surface area contributed by atoms with Crippen molar-refractivity contribution >= 4 is 31.2 Å². The van der Waals surface area contributed by atoms with E-state index in [1.54, 1.807) is 12.1 Å². The van der Waals surface area contributed by atoms with Gasteiger partial charge in [-0.1, -0.05) is 26.0 Å². The largest absolute Gasteiger partial charge is 0.312 e. The molecule has 0 aliphatic carbocycles. The molecule has 2 rings (SSSR count). The molecule has 0 radical (unpaired) electrons. The number of primary sulfonamides is 1. The van der Waals surface area contributed by atoms with Gasteiger partial charge in [-0.15, -0.1) is 11.3 Å². The fraction of sp³-hybridized carbons (Fsp3) is 0.333. The number of hydrogen-bond donors (Lipinski definition) is 2. The van der Waals surface area contributed by atoms with Gasteiger partial charge in [-0.25, -0.2) is 22.0 Å². The molecule has 0 atom stereocenters. The van der Waals surface area contributed by atoms with E-state index in [1.807, 2.05) is 0 Å². The average Bonchev–Trinajstić information content (AvgIpc) is 2.98. The molecule has 3 N–H and O–H groups in total. The van der Waals surface area contributed by atoms with Crippen LogP contribution in [-0.4, -0.2) is 23.4 Å². The molecule has 1 aromatic heterocycles. The third-order valence-electron chi connectivity index (χ3n) is 3.22. The summed E-state index contributed by atoms with van der Waals surface area (Å²) in [4.78, 5) is 0.123. The van der Waals surface area contributed by atoms with Gasteiger partial charge in [0, 0.05) is 6.54 Å². The van der Waals surface area contributed by atoms with Gasteiger partial charge in [0.15, 0.2) is 0 Å². The highest BCUT2D eigenvalue weighted by atomic mass is 32.3. The molecule has 24 heavy (non-hydrogen) atoms. The van der Waals surface area contributed by atoms with Crippen molar-refractivity contribution in [1.29, 1.82) is 0 Å². The predicted octanol–water partition coefficient (Wildman–Crippen LogP) is 1.97. The first-order valence-electron chi connectivity index (χ1n) is 7.28. The zero-order valence-electron chi connectivity index (χ0n) is 13.4. The quantitative estimate of drug-likeness (QED) is 0.754. The Bertz CT molecular complexity index is 898. The maximum absolute atomic E-state index is 12.5. The summed E-state index contributed by atoms with van der Waals surface area (Å²) >= 11 is 0.650. The van der Waals surface area contributed by atoms with Crippen molar-refractivity contribution in [2.24, 2.45) is 11.1 Å². The highest BCUT2D eigenvalue weighted by Crippen LogP contribution is 2.29. The zero-order valence-corrected chi connectivity index (χ0v) is 15.8. The molecule has 0 unspecified atom stereocenters. The molecule has 0 aliphatic rings. The number of sulfone groups is 1. The van der Waals surface area contributed by atoms with E-state index in [0.717, 1.165) is 12.1 Å². The molecule has 1 aromatic carbocycles. The number of hydrogen-bond acceptors (Lipinski definition) is 6. The Morgan fingerprint density at radius 1 is 1.00 bits per heavy atom. The molecule has 1 heterocycles. The van der Waals surface area contributed by atoms with Gasteiger partial charge in [-0.05, 0) is 42.3 Å². The summed E-state index contributed by atoms with van der Waals surface area (Å²) in [5.74, 6) is 0.538. The maximum atomic E-state index is 12.5. The van der Waals surface area contributed by atoms with E-state index in [1.165, 1.54) is 24.3 Å². The fourth-order valence-corrected chi connectivity index (χ4v) is 5.60. The summed E-state index contributed by atoms with van der Waals surface area (Å²) in [6.07, 6.45) is 0. The first-order valence-corrected chi connectivity index (χ1v) is 11.1. The van der Waals surface area contributed by atoms with E-state index in [0.29, 0.717) is 23.8 Å². The predicted molar refractivity (Wildman–Crippen MR) is 94.1 cm³/mol. The van der Waals surface area contributed by atoms with Crippen LogP contribution in [0.25, 0.3) is 0 Å². The fourth-order valence-electron chi connectivity index (χ4n) is 2.01. The van der Waals surface area contributed by atoms with Crippen LogP contribution in [0, 0.1) is 5.92 Å². The number of benzene rings is 1. The molecule has 9 heteroatoms. The van der Waals surface area contributed by atoms with Gasteiger partial charge >= 0.3 is 0 Å². The van der Waals surface area contributed by atoms with Crippen LogP contribution in [0.2, 0.25) is 0 Å². The number of sulfonamides is 1.